The van der Waals surface area contributed by atoms with Crippen molar-refractivity contribution >= 4 is 23.5 Å². The largest absolute Gasteiger partial charge is 0.493 e. The van der Waals surface area contributed by atoms with E-state index in [1.165, 1.54) is 4.90 Å². The van der Waals surface area contributed by atoms with E-state index in [1.54, 1.807) is 37.3 Å². The lowest BCUT2D eigenvalue weighted by molar-refractivity contribution is -0.128. The molecular formula is C24H25N3O7. The van der Waals surface area contributed by atoms with E-state index in [0.29, 0.717) is 48.1 Å². The zero-order chi connectivity index (χ0) is 23.8. The summed E-state index contributed by atoms with van der Waals surface area (Å²) in [6, 6.07) is 8.02. The molecule has 34 heavy (non-hydrogen) atoms. The molecule has 2 aromatic rings. The van der Waals surface area contributed by atoms with Crippen LogP contribution in [0.4, 0.5) is 10.5 Å². The second kappa shape index (κ2) is 8.77. The first kappa shape index (κ1) is 21.9. The third-order valence-electron chi connectivity index (χ3n) is 6.31. The minimum absolute atomic E-state index is 0.162. The van der Waals surface area contributed by atoms with Gasteiger partial charge in [0.15, 0.2) is 23.0 Å². The third kappa shape index (κ3) is 3.85. The van der Waals surface area contributed by atoms with E-state index in [1.807, 2.05) is 12.1 Å². The number of carbonyl (C=O) groups is 3. The van der Waals surface area contributed by atoms with Crippen molar-refractivity contribution in [3.63, 3.8) is 0 Å². The standard InChI is InChI=1S/C24H25N3O7/c1-31-19-9-14-8-17-23(29)26(24(30)27(17)12-15(14)10-20(19)32-2)7-3-4-22(28)25-16-5-6-18-21(11-16)34-13-33-18/h5-6,9-11,17H,3-4,7-8,12-13H2,1-2H3,(H,25,28)/t17-/m0/s1. The lowest BCUT2D eigenvalue weighted by Crippen LogP contribution is -2.40. The molecule has 178 valence electrons. The Morgan fingerprint density at radius 1 is 1.06 bits per heavy atom. The first-order valence-electron chi connectivity index (χ1n) is 11.0. The van der Waals surface area contributed by atoms with Gasteiger partial charge in [0.25, 0.3) is 5.91 Å². The molecule has 1 atom stereocenters. The number of urea groups is 1. The van der Waals surface area contributed by atoms with Crippen LogP contribution in [0.3, 0.4) is 0 Å². The number of ether oxygens (including phenoxy) is 4. The Kier molecular flexibility index (Phi) is 5.64. The average Bonchev–Trinajstić information content (AvgIpc) is 3.40. The molecule has 0 bridgehead atoms. The summed E-state index contributed by atoms with van der Waals surface area (Å²) >= 11 is 0. The summed E-state index contributed by atoms with van der Waals surface area (Å²) in [6.45, 7) is 0.670. The molecule has 0 saturated carbocycles. The van der Waals surface area contributed by atoms with Gasteiger partial charge >= 0.3 is 6.03 Å². The molecule has 0 radical (unpaired) electrons. The van der Waals surface area contributed by atoms with Crippen LogP contribution < -0.4 is 24.3 Å². The first-order chi connectivity index (χ1) is 16.5. The first-order valence-corrected chi connectivity index (χ1v) is 11.0. The Balaban J connectivity index is 1.19. The van der Waals surface area contributed by atoms with E-state index in [-0.39, 0.29) is 37.6 Å². The highest BCUT2D eigenvalue weighted by molar-refractivity contribution is 6.04. The molecule has 3 heterocycles. The van der Waals surface area contributed by atoms with Gasteiger partial charge in [-0.25, -0.2) is 4.79 Å². The van der Waals surface area contributed by atoms with Gasteiger partial charge < -0.3 is 29.2 Å². The number of fused-ring (bicyclic) bond motifs is 3. The summed E-state index contributed by atoms with van der Waals surface area (Å²) in [6.07, 6.45) is 0.954. The van der Waals surface area contributed by atoms with Crippen LogP contribution >= 0.6 is 0 Å². The predicted octanol–water partition coefficient (Wildman–Crippen LogP) is 2.54. The molecule has 3 aliphatic heterocycles. The van der Waals surface area contributed by atoms with Crippen molar-refractivity contribution in [2.75, 3.05) is 32.9 Å². The van der Waals surface area contributed by atoms with Crippen molar-refractivity contribution in [3.8, 4) is 23.0 Å². The number of hydrogen-bond donors (Lipinski definition) is 1. The van der Waals surface area contributed by atoms with Crippen LogP contribution in [0.2, 0.25) is 0 Å². The molecule has 0 spiro atoms. The quantitative estimate of drug-likeness (QED) is 0.624. The van der Waals surface area contributed by atoms with Crippen molar-refractivity contribution in [2.45, 2.75) is 31.8 Å². The Morgan fingerprint density at radius 2 is 1.79 bits per heavy atom. The number of benzene rings is 2. The Labute approximate surface area is 196 Å². The number of carbonyl (C=O) groups excluding carboxylic acids is 3. The van der Waals surface area contributed by atoms with Crippen molar-refractivity contribution < 1.29 is 33.3 Å². The molecule has 10 nitrogen and oxygen atoms in total. The molecule has 10 heteroatoms. The molecule has 1 fully saturated rings. The van der Waals surface area contributed by atoms with Crippen molar-refractivity contribution in [1.82, 2.24) is 9.80 Å². The Hall–Kier alpha value is -3.95. The topological polar surface area (TPSA) is 107 Å². The average molecular weight is 467 g/mol. The van der Waals surface area contributed by atoms with Crippen LogP contribution in [-0.2, 0) is 22.6 Å². The van der Waals surface area contributed by atoms with Gasteiger partial charge in [-0.15, -0.1) is 0 Å². The number of hydrogen-bond acceptors (Lipinski definition) is 7. The van der Waals surface area contributed by atoms with Crippen LogP contribution in [0.5, 0.6) is 23.0 Å². The molecule has 2 aromatic carbocycles. The van der Waals surface area contributed by atoms with E-state index in [9.17, 15) is 14.4 Å². The maximum absolute atomic E-state index is 13.0. The van der Waals surface area contributed by atoms with Crippen molar-refractivity contribution in [2.24, 2.45) is 0 Å². The molecule has 4 amide bonds. The van der Waals surface area contributed by atoms with Gasteiger partial charge in [0.05, 0.1) is 14.2 Å². The SMILES string of the molecule is COc1cc2c(cc1OC)CN1C(=O)N(CCCC(=O)Nc3ccc4c(c3)OCO4)C(=O)[C@@H]1C2. The Morgan fingerprint density at radius 3 is 2.56 bits per heavy atom. The maximum Gasteiger partial charge on any atom is 0.327 e. The summed E-state index contributed by atoms with van der Waals surface area (Å²) in [4.78, 5) is 41.2. The fourth-order valence-corrected chi connectivity index (χ4v) is 4.56. The predicted molar refractivity (Wildman–Crippen MR) is 120 cm³/mol. The van der Waals surface area contributed by atoms with E-state index in [4.69, 9.17) is 18.9 Å². The number of imide groups is 1. The zero-order valence-electron chi connectivity index (χ0n) is 19.0. The van der Waals surface area contributed by atoms with E-state index < -0.39 is 6.04 Å². The van der Waals surface area contributed by atoms with Crippen LogP contribution in [0, 0.1) is 0 Å². The van der Waals surface area contributed by atoms with Gasteiger partial charge in [-0.1, -0.05) is 0 Å². The number of methoxy groups -OCH3 is 2. The van der Waals surface area contributed by atoms with Crippen LogP contribution in [0.15, 0.2) is 30.3 Å². The number of anilines is 1. The Bertz CT molecular complexity index is 1110. The normalized spacial score (nSPS) is 18.0. The second-order valence-electron chi connectivity index (χ2n) is 8.32. The van der Waals surface area contributed by atoms with Crippen LogP contribution in [0.25, 0.3) is 0 Å². The van der Waals surface area contributed by atoms with Crippen molar-refractivity contribution in [3.05, 3.63) is 41.5 Å². The van der Waals surface area contributed by atoms with Gasteiger partial charge in [0, 0.05) is 37.7 Å². The van der Waals surface area contributed by atoms with E-state index >= 15 is 0 Å². The minimum Gasteiger partial charge on any atom is -0.493 e. The molecular weight excluding hydrogens is 442 g/mol. The summed E-state index contributed by atoms with van der Waals surface area (Å²) in [5.41, 5.74) is 2.49. The van der Waals surface area contributed by atoms with E-state index in [2.05, 4.69) is 5.32 Å². The fraction of sp³-hybridized carbons (Fsp3) is 0.375. The summed E-state index contributed by atoms with van der Waals surface area (Å²) in [5.74, 6) is 1.96. The van der Waals surface area contributed by atoms with Crippen LogP contribution in [0.1, 0.15) is 24.0 Å². The third-order valence-corrected chi connectivity index (χ3v) is 6.31. The van der Waals surface area contributed by atoms with Crippen LogP contribution in [-0.4, -0.2) is 61.2 Å². The molecule has 3 aliphatic rings. The molecule has 1 saturated heterocycles. The van der Waals surface area contributed by atoms with Gasteiger partial charge in [0.1, 0.15) is 6.04 Å². The number of rotatable bonds is 7. The highest BCUT2D eigenvalue weighted by Gasteiger charge is 2.47. The number of nitrogens with zero attached hydrogens (tertiary/aromatic N) is 2. The molecule has 5 rings (SSSR count). The van der Waals surface area contributed by atoms with Gasteiger partial charge in [0.2, 0.25) is 12.7 Å². The molecule has 0 aliphatic carbocycles. The maximum atomic E-state index is 13.0. The highest BCUT2D eigenvalue weighted by Crippen LogP contribution is 2.37. The fourth-order valence-electron chi connectivity index (χ4n) is 4.56. The molecule has 0 aromatic heterocycles. The second-order valence-corrected chi connectivity index (χ2v) is 8.32. The number of nitrogens with one attached hydrogen (secondary N) is 1. The minimum atomic E-state index is -0.541. The molecule has 0 unspecified atom stereocenters. The van der Waals surface area contributed by atoms with E-state index in [0.717, 1.165) is 11.1 Å². The number of amides is 4. The summed E-state index contributed by atoms with van der Waals surface area (Å²) < 4.78 is 21.3. The van der Waals surface area contributed by atoms with Crippen molar-refractivity contribution in [1.29, 1.82) is 0 Å². The molecule has 1 N–H and O–H groups in total. The monoisotopic (exact) mass is 467 g/mol. The smallest absolute Gasteiger partial charge is 0.327 e. The lowest BCUT2D eigenvalue weighted by atomic mass is 9.94. The highest BCUT2D eigenvalue weighted by atomic mass is 16.7. The van der Waals surface area contributed by atoms with Gasteiger partial charge in [-0.2, -0.15) is 0 Å². The zero-order valence-corrected chi connectivity index (χ0v) is 19.0. The van der Waals surface area contributed by atoms with Gasteiger partial charge in [-0.05, 0) is 41.8 Å². The summed E-state index contributed by atoms with van der Waals surface area (Å²) in [5, 5.41) is 2.81. The van der Waals surface area contributed by atoms with Gasteiger partial charge in [-0.3, -0.25) is 14.5 Å². The summed E-state index contributed by atoms with van der Waals surface area (Å²) in [7, 11) is 3.12. The lowest BCUT2D eigenvalue weighted by Gasteiger charge is -2.29.